The Balaban J connectivity index is 1.77. The van der Waals surface area contributed by atoms with E-state index in [-0.39, 0.29) is 25.6 Å². The molecule has 0 heterocycles. The molecule has 1 saturated carbocycles. The second-order valence-corrected chi connectivity index (χ2v) is 12.9. The van der Waals surface area contributed by atoms with E-state index in [4.69, 9.17) is 10.5 Å². The van der Waals surface area contributed by atoms with Crippen LogP contribution in [0.2, 0.25) is 0 Å². The predicted molar refractivity (Wildman–Crippen MR) is 172 cm³/mol. The Kier molecular flexibility index (Phi) is 13.7. The topological polar surface area (TPSA) is 163 Å². The van der Waals surface area contributed by atoms with Gasteiger partial charge in [-0.05, 0) is 57.1 Å². The quantitative estimate of drug-likeness (QED) is 0.216. The Bertz CT molecular complexity index is 1230. The van der Waals surface area contributed by atoms with Crippen LogP contribution in [0.15, 0.2) is 60.7 Å². The third-order valence-electron chi connectivity index (χ3n) is 7.70. The number of rotatable bonds is 14. The zero-order valence-corrected chi connectivity index (χ0v) is 26.7. The highest BCUT2D eigenvalue weighted by molar-refractivity contribution is 5.90. The van der Waals surface area contributed by atoms with Crippen LogP contribution in [0.4, 0.5) is 9.59 Å². The summed E-state index contributed by atoms with van der Waals surface area (Å²) >= 11 is 0. The molecule has 0 saturated heterocycles. The fraction of sp³-hybridized carbons (Fsp3) is 0.529. The van der Waals surface area contributed by atoms with E-state index in [1.807, 2.05) is 57.2 Å². The first-order chi connectivity index (χ1) is 21.4. The van der Waals surface area contributed by atoms with Crippen molar-refractivity contribution in [2.24, 2.45) is 11.7 Å². The third-order valence-corrected chi connectivity index (χ3v) is 7.70. The largest absolute Gasteiger partial charge is 0.445 e. The van der Waals surface area contributed by atoms with Crippen LogP contribution in [-0.2, 0) is 27.4 Å². The van der Waals surface area contributed by atoms with E-state index >= 15 is 0 Å². The number of nitrogens with one attached hydrogen (secondary N) is 3. The number of aliphatic hydroxyl groups excluding tert-OH is 1. The molecule has 0 aromatic heterocycles. The molecule has 2 aromatic carbocycles. The van der Waals surface area contributed by atoms with Crippen molar-refractivity contribution in [3.8, 4) is 0 Å². The molecule has 2 aromatic rings. The number of carbonyl (C=O) groups is 4. The molecule has 1 fully saturated rings. The van der Waals surface area contributed by atoms with Gasteiger partial charge in [0.1, 0.15) is 12.6 Å². The summed E-state index contributed by atoms with van der Waals surface area (Å²) in [4.78, 5) is 53.0. The summed E-state index contributed by atoms with van der Waals surface area (Å²) in [7, 11) is 0. The summed E-state index contributed by atoms with van der Waals surface area (Å²) in [5.41, 5.74) is 6.54. The Labute approximate surface area is 266 Å². The zero-order valence-electron chi connectivity index (χ0n) is 26.7. The summed E-state index contributed by atoms with van der Waals surface area (Å²) in [6, 6.07) is 15.9. The van der Waals surface area contributed by atoms with Gasteiger partial charge < -0.3 is 36.4 Å². The molecule has 45 heavy (non-hydrogen) atoms. The van der Waals surface area contributed by atoms with Crippen LogP contribution in [0.25, 0.3) is 0 Å². The van der Waals surface area contributed by atoms with Gasteiger partial charge in [-0.15, -0.1) is 0 Å². The van der Waals surface area contributed by atoms with Gasteiger partial charge in [-0.2, -0.15) is 0 Å². The minimum absolute atomic E-state index is 0.0246. The van der Waals surface area contributed by atoms with Gasteiger partial charge in [0, 0.05) is 12.1 Å². The van der Waals surface area contributed by atoms with Crippen LogP contribution >= 0.6 is 0 Å². The molecular formula is C34H49N5O6. The zero-order chi connectivity index (χ0) is 32.8. The molecular weight excluding hydrogens is 574 g/mol. The number of nitrogens with two attached hydrogens (primary N) is 1. The van der Waals surface area contributed by atoms with Crippen molar-refractivity contribution >= 4 is 23.9 Å². The maximum Gasteiger partial charge on any atom is 0.408 e. The predicted octanol–water partition coefficient (Wildman–Crippen LogP) is 3.64. The van der Waals surface area contributed by atoms with Gasteiger partial charge in [0.15, 0.2) is 0 Å². The molecule has 0 bridgehead atoms. The molecule has 3 rings (SSSR count). The molecule has 0 radical (unpaired) electrons. The van der Waals surface area contributed by atoms with Crippen molar-refractivity contribution < 1.29 is 29.0 Å². The van der Waals surface area contributed by atoms with E-state index in [1.54, 1.807) is 29.2 Å². The number of hydrogen-bond donors (Lipinski definition) is 5. The number of urea groups is 1. The van der Waals surface area contributed by atoms with Crippen molar-refractivity contribution in [3.05, 3.63) is 71.8 Å². The molecule has 1 aliphatic rings. The average Bonchev–Trinajstić information content (AvgIpc) is 2.99. The number of carbonyl (C=O) groups excluding carboxylic acids is 4. The fourth-order valence-electron chi connectivity index (χ4n) is 5.43. The maximum atomic E-state index is 13.5. The van der Waals surface area contributed by atoms with E-state index in [0.29, 0.717) is 12.5 Å². The van der Waals surface area contributed by atoms with Crippen LogP contribution in [0.5, 0.6) is 0 Å². The van der Waals surface area contributed by atoms with Crippen molar-refractivity contribution in [1.82, 2.24) is 20.9 Å². The summed E-state index contributed by atoms with van der Waals surface area (Å²) < 4.78 is 5.25. The van der Waals surface area contributed by atoms with Gasteiger partial charge in [0.25, 0.3) is 0 Å². The molecule has 11 nitrogen and oxygen atoms in total. The lowest BCUT2D eigenvalue weighted by atomic mass is 9.89. The molecule has 0 spiro atoms. The van der Waals surface area contributed by atoms with E-state index in [2.05, 4.69) is 16.0 Å². The Hall–Kier alpha value is -4.12. The molecule has 6 N–H and O–H groups in total. The van der Waals surface area contributed by atoms with Crippen LogP contribution in [-0.4, -0.2) is 70.8 Å². The Morgan fingerprint density at radius 2 is 1.53 bits per heavy atom. The molecule has 0 unspecified atom stereocenters. The number of hydrogen-bond acceptors (Lipinski definition) is 6. The van der Waals surface area contributed by atoms with Crippen LogP contribution in [0, 0.1) is 5.92 Å². The minimum Gasteiger partial charge on any atom is -0.445 e. The lowest BCUT2D eigenvalue weighted by Crippen LogP contribution is -2.58. The maximum absolute atomic E-state index is 13.5. The summed E-state index contributed by atoms with van der Waals surface area (Å²) in [6.07, 6.45) is 3.14. The number of amides is 5. The average molecular weight is 624 g/mol. The number of ether oxygens (including phenoxy) is 1. The van der Waals surface area contributed by atoms with Gasteiger partial charge in [0.05, 0.1) is 25.1 Å². The van der Waals surface area contributed by atoms with Crippen LogP contribution < -0.4 is 21.7 Å². The highest BCUT2D eigenvalue weighted by Gasteiger charge is 2.32. The molecule has 1 aliphatic carbocycles. The van der Waals surface area contributed by atoms with Gasteiger partial charge in [-0.1, -0.05) is 79.9 Å². The van der Waals surface area contributed by atoms with Gasteiger partial charge in [0.2, 0.25) is 11.8 Å². The third kappa shape index (κ3) is 13.2. The van der Waals surface area contributed by atoms with Crippen molar-refractivity contribution in [1.29, 1.82) is 0 Å². The summed E-state index contributed by atoms with van der Waals surface area (Å²) in [5, 5.41) is 19.8. The second-order valence-electron chi connectivity index (χ2n) is 12.9. The standard InChI is InChI=1S/C34H49N5O6/c1-34(2,3)38-32(43)39(21-25-15-9-5-10-16-25)22-29(40)27(19-24-13-7-4-8-14-24)36-31(42)28(20-30(35)41)37-33(44)45-23-26-17-11-6-12-18-26/h4,6-8,11-14,17-18,25,27-29,40H,5,9-10,15-16,19-23H2,1-3H3,(H2,35,41)(H,36,42)(H,37,44)(H,38,43)/t27-,28-,29-/m0/s1. The summed E-state index contributed by atoms with van der Waals surface area (Å²) in [6.45, 7) is 6.13. The van der Waals surface area contributed by atoms with Crippen molar-refractivity contribution in [3.63, 3.8) is 0 Å². The Morgan fingerprint density at radius 1 is 0.933 bits per heavy atom. The van der Waals surface area contributed by atoms with Gasteiger partial charge in [-0.3, -0.25) is 9.59 Å². The van der Waals surface area contributed by atoms with E-state index < -0.39 is 48.1 Å². The second kappa shape index (κ2) is 17.4. The highest BCUT2D eigenvalue weighted by atomic mass is 16.5. The Morgan fingerprint density at radius 3 is 2.11 bits per heavy atom. The first-order valence-corrected chi connectivity index (χ1v) is 15.7. The molecule has 11 heteroatoms. The molecule has 5 amide bonds. The lowest BCUT2D eigenvalue weighted by molar-refractivity contribution is -0.128. The minimum atomic E-state index is -1.33. The number of nitrogens with zero attached hydrogens (tertiary/aromatic N) is 1. The molecule has 0 aliphatic heterocycles. The SMILES string of the molecule is CC(C)(C)NC(=O)N(CC1CCCCC1)C[C@H](O)[C@H](Cc1ccccc1)NC(=O)[C@H](CC(N)=O)NC(=O)OCc1ccccc1. The van der Waals surface area contributed by atoms with Gasteiger partial charge in [-0.25, -0.2) is 9.59 Å². The van der Waals surface area contributed by atoms with E-state index in [9.17, 15) is 24.3 Å². The number of primary amides is 1. The summed E-state index contributed by atoms with van der Waals surface area (Å²) in [5.74, 6) is -1.18. The van der Waals surface area contributed by atoms with E-state index in [0.717, 1.165) is 36.8 Å². The number of benzene rings is 2. The number of alkyl carbamates (subject to hydrolysis) is 1. The highest BCUT2D eigenvalue weighted by Crippen LogP contribution is 2.25. The monoisotopic (exact) mass is 623 g/mol. The first kappa shape index (κ1) is 35.4. The normalized spacial score (nSPS) is 15.6. The van der Waals surface area contributed by atoms with Crippen LogP contribution in [0.1, 0.15) is 70.4 Å². The smallest absolute Gasteiger partial charge is 0.408 e. The molecule has 246 valence electrons. The fourth-order valence-corrected chi connectivity index (χ4v) is 5.43. The molecule has 3 atom stereocenters. The number of aliphatic hydroxyl groups is 1. The van der Waals surface area contributed by atoms with Crippen molar-refractivity contribution in [2.75, 3.05) is 13.1 Å². The van der Waals surface area contributed by atoms with Crippen molar-refractivity contribution in [2.45, 2.75) is 96.1 Å². The van der Waals surface area contributed by atoms with Gasteiger partial charge >= 0.3 is 12.1 Å². The van der Waals surface area contributed by atoms with E-state index in [1.165, 1.54) is 6.42 Å². The lowest BCUT2D eigenvalue weighted by Gasteiger charge is -2.35. The van der Waals surface area contributed by atoms with Crippen LogP contribution in [0.3, 0.4) is 0 Å². The first-order valence-electron chi connectivity index (χ1n) is 15.7.